The van der Waals surface area contributed by atoms with Gasteiger partial charge in [-0.25, -0.2) is 9.78 Å². The van der Waals surface area contributed by atoms with Crippen LogP contribution in [0.1, 0.15) is 34.7 Å². The first kappa shape index (κ1) is 19.7. The van der Waals surface area contributed by atoms with Crippen LogP contribution in [0.25, 0.3) is 10.9 Å². The predicted molar refractivity (Wildman–Crippen MR) is 107 cm³/mol. The van der Waals surface area contributed by atoms with E-state index in [0.717, 1.165) is 18.5 Å². The summed E-state index contributed by atoms with van der Waals surface area (Å²) in [5.41, 5.74) is 1.45. The van der Waals surface area contributed by atoms with Crippen molar-refractivity contribution in [2.24, 2.45) is 0 Å². The van der Waals surface area contributed by atoms with Gasteiger partial charge >= 0.3 is 5.97 Å². The highest BCUT2D eigenvalue weighted by atomic mass is 32.2. The van der Waals surface area contributed by atoms with Crippen molar-refractivity contribution in [3.8, 4) is 0 Å². The molecule has 1 aliphatic rings. The van der Waals surface area contributed by atoms with E-state index in [0.29, 0.717) is 46.3 Å². The van der Waals surface area contributed by atoms with Crippen LogP contribution in [0.3, 0.4) is 0 Å². The van der Waals surface area contributed by atoms with Crippen molar-refractivity contribution in [2.45, 2.75) is 43.3 Å². The molecular weight excluding hydrogens is 394 g/mol. The number of fused-ring (bicyclic) bond motifs is 1. The van der Waals surface area contributed by atoms with Gasteiger partial charge in [-0.3, -0.25) is 9.36 Å². The molecule has 8 nitrogen and oxygen atoms in total. The number of nitrogens with zero attached hydrogens (tertiary/aromatic N) is 3. The van der Waals surface area contributed by atoms with E-state index in [1.165, 1.54) is 18.9 Å². The minimum Gasteiger partial charge on any atom is -0.465 e. The summed E-state index contributed by atoms with van der Waals surface area (Å²) in [7, 11) is 1.32. The molecule has 1 atom stereocenters. The Hall–Kier alpha value is -2.65. The van der Waals surface area contributed by atoms with Crippen LogP contribution < -0.4 is 5.56 Å². The number of hydrogen-bond donors (Lipinski definition) is 0. The van der Waals surface area contributed by atoms with Crippen molar-refractivity contribution in [2.75, 3.05) is 13.7 Å². The number of rotatable bonds is 6. The van der Waals surface area contributed by atoms with Gasteiger partial charge in [0.2, 0.25) is 0 Å². The Kier molecular flexibility index (Phi) is 5.68. The van der Waals surface area contributed by atoms with Crippen molar-refractivity contribution < 1.29 is 18.8 Å². The fourth-order valence-electron chi connectivity index (χ4n) is 3.33. The normalized spacial score (nSPS) is 16.4. The van der Waals surface area contributed by atoms with E-state index in [2.05, 4.69) is 10.1 Å². The number of aryl methyl sites for hydroxylation is 1. The lowest BCUT2D eigenvalue weighted by molar-refractivity contribution is 0.0601. The molecule has 1 unspecified atom stereocenters. The first-order valence-electron chi connectivity index (χ1n) is 9.34. The number of aromatic nitrogens is 3. The molecule has 0 saturated carbocycles. The summed E-state index contributed by atoms with van der Waals surface area (Å²) < 4.78 is 17.4. The molecule has 0 radical (unpaired) electrons. The zero-order valence-electron chi connectivity index (χ0n) is 16.2. The van der Waals surface area contributed by atoms with Crippen LogP contribution in [0, 0.1) is 6.92 Å². The second-order valence-corrected chi connectivity index (χ2v) is 7.83. The van der Waals surface area contributed by atoms with Gasteiger partial charge in [0, 0.05) is 12.7 Å². The van der Waals surface area contributed by atoms with Gasteiger partial charge < -0.3 is 14.0 Å². The van der Waals surface area contributed by atoms with Crippen molar-refractivity contribution >= 4 is 28.6 Å². The number of thioether (sulfide) groups is 1. The SMILES string of the molecule is COC(=O)c1ccc2c(=O)n(CC3CCCO3)c(SCc3cc(C)no3)nc2c1. The van der Waals surface area contributed by atoms with Gasteiger partial charge in [-0.1, -0.05) is 16.9 Å². The standard InChI is InChI=1S/C20H21N3O5S/c1-12-8-15(28-22-12)11-29-20-21-17-9-13(19(25)26-2)5-6-16(17)18(24)23(20)10-14-4-3-7-27-14/h5-6,8-9,14H,3-4,7,10-11H2,1-2H3. The van der Waals surface area contributed by atoms with Gasteiger partial charge in [-0.15, -0.1) is 0 Å². The van der Waals surface area contributed by atoms with Crippen LogP contribution in [0.2, 0.25) is 0 Å². The third kappa shape index (κ3) is 4.20. The zero-order chi connectivity index (χ0) is 20.4. The van der Waals surface area contributed by atoms with E-state index >= 15 is 0 Å². The summed E-state index contributed by atoms with van der Waals surface area (Å²) in [6.07, 6.45) is 1.90. The highest BCUT2D eigenvalue weighted by Crippen LogP contribution is 2.25. The molecule has 0 amide bonds. The summed E-state index contributed by atoms with van der Waals surface area (Å²) in [6, 6.07) is 6.64. The number of hydrogen-bond acceptors (Lipinski definition) is 8. The number of methoxy groups -OCH3 is 1. The Bertz CT molecular complexity index is 1100. The molecule has 152 valence electrons. The molecule has 4 rings (SSSR count). The number of carbonyl (C=O) groups is 1. The Morgan fingerprint density at radius 2 is 2.24 bits per heavy atom. The molecule has 9 heteroatoms. The van der Waals surface area contributed by atoms with Crippen LogP contribution in [0.4, 0.5) is 0 Å². The van der Waals surface area contributed by atoms with Gasteiger partial charge in [0.05, 0.1) is 47.7 Å². The molecule has 3 aromatic rings. The molecule has 2 aromatic heterocycles. The van der Waals surface area contributed by atoms with E-state index in [1.54, 1.807) is 22.8 Å². The molecule has 1 aliphatic heterocycles. The monoisotopic (exact) mass is 415 g/mol. The highest BCUT2D eigenvalue weighted by Gasteiger charge is 2.21. The smallest absolute Gasteiger partial charge is 0.337 e. The number of esters is 1. The van der Waals surface area contributed by atoms with E-state index in [1.807, 2.05) is 13.0 Å². The fraction of sp³-hybridized carbons (Fsp3) is 0.400. The zero-order valence-corrected chi connectivity index (χ0v) is 17.0. The Balaban J connectivity index is 1.74. The van der Waals surface area contributed by atoms with Gasteiger partial charge in [0.15, 0.2) is 5.16 Å². The minimum atomic E-state index is -0.469. The summed E-state index contributed by atoms with van der Waals surface area (Å²) in [6.45, 7) is 3.01. The summed E-state index contributed by atoms with van der Waals surface area (Å²) >= 11 is 1.39. The molecule has 29 heavy (non-hydrogen) atoms. The van der Waals surface area contributed by atoms with E-state index in [9.17, 15) is 9.59 Å². The quantitative estimate of drug-likeness (QED) is 0.344. The molecule has 1 saturated heterocycles. The molecule has 1 aromatic carbocycles. The molecule has 1 fully saturated rings. The maximum atomic E-state index is 13.2. The Morgan fingerprint density at radius 3 is 2.93 bits per heavy atom. The molecule has 0 aliphatic carbocycles. The van der Waals surface area contributed by atoms with Gasteiger partial charge in [-0.05, 0) is 38.0 Å². The fourth-order valence-corrected chi connectivity index (χ4v) is 4.21. The first-order valence-corrected chi connectivity index (χ1v) is 10.3. The minimum absolute atomic E-state index is 0.00633. The lowest BCUT2D eigenvalue weighted by Crippen LogP contribution is -2.29. The maximum absolute atomic E-state index is 13.2. The largest absolute Gasteiger partial charge is 0.465 e. The number of ether oxygens (including phenoxy) is 2. The average Bonchev–Trinajstić information content (AvgIpc) is 3.39. The number of benzene rings is 1. The molecular formula is C20H21N3O5S. The van der Waals surface area contributed by atoms with E-state index in [4.69, 9.17) is 14.0 Å². The van der Waals surface area contributed by atoms with Crippen LogP contribution >= 0.6 is 11.8 Å². The molecule has 3 heterocycles. The summed E-state index contributed by atoms with van der Waals surface area (Å²) in [5.74, 6) is 0.721. The average molecular weight is 415 g/mol. The third-order valence-electron chi connectivity index (χ3n) is 4.77. The van der Waals surface area contributed by atoms with Gasteiger partial charge in [0.25, 0.3) is 5.56 Å². The van der Waals surface area contributed by atoms with Gasteiger partial charge in [-0.2, -0.15) is 0 Å². The van der Waals surface area contributed by atoms with Crippen LogP contribution in [-0.2, 0) is 21.8 Å². The van der Waals surface area contributed by atoms with Crippen molar-refractivity contribution in [1.82, 2.24) is 14.7 Å². The number of carbonyl (C=O) groups excluding carboxylic acids is 1. The first-order chi connectivity index (χ1) is 14.0. The molecule has 0 spiro atoms. The Morgan fingerprint density at radius 1 is 1.38 bits per heavy atom. The van der Waals surface area contributed by atoms with Crippen LogP contribution in [0.5, 0.6) is 0 Å². The van der Waals surface area contributed by atoms with E-state index in [-0.39, 0.29) is 11.7 Å². The second-order valence-electron chi connectivity index (χ2n) is 6.89. The highest BCUT2D eigenvalue weighted by molar-refractivity contribution is 7.98. The third-order valence-corrected chi connectivity index (χ3v) is 5.77. The van der Waals surface area contributed by atoms with Crippen molar-refractivity contribution in [3.05, 3.63) is 51.6 Å². The van der Waals surface area contributed by atoms with E-state index < -0.39 is 5.97 Å². The topological polar surface area (TPSA) is 96.5 Å². The lowest BCUT2D eigenvalue weighted by atomic mass is 10.1. The van der Waals surface area contributed by atoms with Gasteiger partial charge in [0.1, 0.15) is 5.76 Å². The summed E-state index contributed by atoms with van der Waals surface area (Å²) in [5, 5.41) is 4.90. The molecule has 0 bridgehead atoms. The Labute approximate surface area is 171 Å². The lowest BCUT2D eigenvalue weighted by Gasteiger charge is -2.16. The molecule has 0 N–H and O–H groups in total. The summed E-state index contributed by atoms with van der Waals surface area (Å²) in [4.78, 5) is 29.7. The van der Waals surface area contributed by atoms with Crippen LogP contribution in [-0.4, -0.2) is 40.5 Å². The maximum Gasteiger partial charge on any atom is 0.337 e. The second kappa shape index (κ2) is 8.38. The van der Waals surface area contributed by atoms with Crippen molar-refractivity contribution in [3.63, 3.8) is 0 Å². The predicted octanol–water partition coefficient (Wildman–Crippen LogP) is 2.95. The van der Waals surface area contributed by atoms with Crippen LogP contribution in [0.15, 0.2) is 38.7 Å². The van der Waals surface area contributed by atoms with Crippen molar-refractivity contribution in [1.29, 1.82) is 0 Å².